The number of rotatable bonds is 3. The summed E-state index contributed by atoms with van der Waals surface area (Å²) in [6.07, 6.45) is 3.82. The van der Waals surface area contributed by atoms with Crippen molar-refractivity contribution in [2.24, 2.45) is 0 Å². The number of likely N-dealkylation sites (tertiary alicyclic amines) is 1. The van der Waals surface area contributed by atoms with Crippen molar-refractivity contribution in [2.75, 3.05) is 25.0 Å². The van der Waals surface area contributed by atoms with E-state index >= 15 is 0 Å². The molecule has 1 aromatic rings. The lowest BCUT2D eigenvalue weighted by Crippen LogP contribution is -3.13. The van der Waals surface area contributed by atoms with Crippen molar-refractivity contribution in [1.82, 2.24) is 0 Å². The fourth-order valence-corrected chi connectivity index (χ4v) is 2.89. The quantitative estimate of drug-likeness (QED) is 0.876. The van der Waals surface area contributed by atoms with Gasteiger partial charge >= 0.3 is 0 Å². The molecule has 1 amide bonds. The molecule has 0 bridgehead atoms. The number of aryl methyl sites for hydroxylation is 1. The van der Waals surface area contributed by atoms with Crippen LogP contribution in [-0.4, -0.2) is 25.5 Å². The number of amides is 1. The second-order valence-electron chi connectivity index (χ2n) is 4.99. The number of carbonyl (C=O) groups excluding carboxylic acids is 1. The number of piperidine rings is 1. The molecule has 0 aliphatic carbocycles. The first-order chi connectivity index (χ1) is 8.65. The molecule has 1 heterocycles. The lowest BCUT2D eigenvalue weighted by Gasteiger charge is -2.23. The maximum atomic E-state index is 12.0. The van der Waals surface area contributed by atoms with Crippen LogP contribution in [0.3, 0.4) is 0 Å². The van der Waals surface area contributed by atoms with Gasteiger partial charge in [0.15, 0.2) is 6.54 Å². The van der Waals surface area contributed by atoms with Crippen LogP contribution in [0.2, 0.25) is 0 Å². The third-order valence-corrected chi connectivity index (χ3v) is 3.93. The van der Waals surface area contributed by atoms with Crippen molar-refractivity contribution in [2.45, 2.75) is 26.2 Å². The number of hydrogen-bond donors (Lipinski definition) is 2. The number of anilines is 1. The van der Waals surface area contributed by atoms with Crippen LogP contribution in [0.1, 0.15) is 24.8 Å². The van der Waals surface area contributed by atoms with Gasteiger partial charge in [0.25, 0.3) is 5.91 Å². The highest BCUT2D eigenvalue weighted by Gasteiger charge is 2.17. The highest BCUT2D eigenvalue weighted by Crippen LogP contribution is 2.19. The van der Waals surface area contributed by atoms with Gasteiger partial charge in [0.2, 0.25) is 0 Å². The number of hydrogen-bond acceptors (Lipinski definition) is 1. The van der Waals surface area contributed by atoms with Crippen LogP contribution in [0.25, 0.3) is 0 Å². The average molecular weight is 312 g/mol. The van der Waals surface area contributed by atoms with Gasteiger partial charge in [-0.3, -0.25) is 4.79 Å². The topological polar surface area (TPSA) is 33.5 Å². The normalized spacial score (nSPS) is 16.6. The van der Waals surface area contributed by atoms with E-state index in [9.17, 15) is 4.79 Å². The highest BCUT2D eigenvalue weighted by molar-refractivity contribution is 9.10. The molecule has 3 nitrogen and oxygen atoms in total. The molecule has 2 N–H and O–H groups in total. The average Bonchev–Trinajstić information content (AvgIpc) is 2.34. The molecular weight excluding hydrogens is 292 g/mol. The summed E-state index contributed by atoms with van der Waals surface area (Å²) in [6.45, 7) is 4.86. The Labute approximate surface area is 117 Å². The Kier molecular flexibility index (Phi) is 4.78. The summed E-state index contributed by atoms with van der Waals surface area (Å²) in [5.74, 6) is 0.123. The smallest absolute Gasteiger partial charge is 0.279 e. The zero-order valence-corrected chi connectivity index (χ0v) is 12.3. The van der Waals surface area contributed by atoms with Gasteiger partial charge in [-0.2, -0.15) is 0 Å². The Hall–Kier alpha value is -0.870. The molecule has 1 aliphatic rings. The van der Waals surface area contributed by atoms with Gasteiger partial charge in [-0.1, -0.05) is 15.9 Å². The molecule has 1 fully saturated rings. The summed E-state index contributed by atoms with van der Waals surface area (Å²) in [5, 5.41) is 3.00. The molecule has 0 aromatic heterocycles. The third kappa shape index (κ3) is 3.82. The van der Waals surface area contributed by atoms with Gasteiger partial charge in [0.1, 0.15) is 0 Å². The summed E-state index contributed by atoms with van der Waals surface area (Å²) in [4.78, 5) is 13.4. The van der Waals surface area contributed by atoms with Crippen LogP contribution >= 0.6 is 15.9 Å². The second-order valence-corrected chi connectivity index (χ2v) is 5.91. The number of nitrogens with one attached hydrogen (secondary N) is 2. The molecule has 0 atom stereocenters. The van der Waals surface area contributed by atoms with E-state index in [1.165, 1.54) is 24.2 Å². The Balaban J connectivity index is 1.90. The van der Waals surface area contributed by atoms with Gasteiger partial charge in [-0.25, -0.2) is 0 Å². The minimum Gasteiger partial charge on any atom is -0.327 e. The third-order valence-electron chi connectivity index (χ3n) is 3.43. The summed E-state index contributed by atoms with van der Waals surface area (Å²) in [7, 11) is 0. The van der Waals surface area contributed by atoms with Crippen molar-refractivity contribution in [3.05, 3.63) is 28.2 Å². The molecular formula is C14H20BrN2O+. The second kappa shape index (κ2) is 6.34. The summed E-state index contributed by atoms with van der Waals surface area (Å²) in [6, 6.07) is 5.92. The van der Waals surface area contributed by atoms with Gasteiger partial charge < -0.3 is 10.2 Å². The first-order valence-corrected chi connectivity index (χ1v) is 7.34. The van der Waals surface area contributed by atoms with Crippen molar-refractivity contribution in [3.8, 4) is 0 Å². The summed E-state index contributed by atoms with van der Waals surface area (Å²) in [5.41, 5.74) is 2.01. The predicted molar refractivity (Wildman–Crippen MR) is 76.9 cm³/mol. The van der Waals surface area contributed by atoms with E-state index in [1.807, 2.05) is 25.1 Å². The lowest BCUT2D eigenvalue weighted by atomic mass is 10.1. The molecule has 0 unspecified atom stereocenters. The fourth-order valence-electron chi connectivity index (χ4n) is 2.42. The lowest BCUT2D eigenvalue weighted by molar-refractivity contribution is -0.896. The number of halogens is 1. The van der Waals surface area contributed by atoms with E-state index in [1.54, 1.807) is 0 Å². The molecule has 4 heteroatoms. The largest absolute Gasteiger partial charge is 0.327 e. The van der Waals surface area contributed by atoms with Gasteiger partial charge in [0.05, 0.1) is 13.1 Å². The molecule has 0 spiro atoms. The zero-order chi connectivity index (χ0) is 13.0. The van der Waals surface area contributed by atoms with E-state index in [4.69, 9.17) is 0 Å². The standard InChI is InChI=1S/C14H19BrN2O/c1-11-9-12(15)5-6-13(11)16-14(18)10-17-7-3-2-4-8-17/h5-6,9H,2-4,7-8,10H2,1H3,(H,16,18)/p+1. The predicted octanol–water partition coefficient (Wildman–Crippen LogP) is 1.76. The number of quaternary nitrogens is 1. The fraction of sp³-hybridized carbons (Fsp3) is 0.500. The van der Waals surface area contributed by atoms with Crippen molar-refractivity contribution < 1.29 is 9.69 Å². The SMILES string of the molecule is Cc1cc(Br)ccc1NC(=O)C[NH+]1CCCCC1. The zero-order valence-electron chi connectivity index (χ0n) is 10.8. The van der Waals surface area contributed by atoms with Crippen LogP contribution < -0.4 is 10.2 Å². The van der Waals surface area contributed by atoms with Gasteiger partial charge in [-0.05, 0) is 49.9 Å². The first kappa shape index (κ1) is 13.6. The summed E-state index contributed by atoms with van der Waals surface area (Å²) < 4.78 is 1.04. The van der Waals surface area contributed by atoms with E-state index in [0.29, 0.717) is 6.54 Å². The van der Waals surface area contributed by atoms with Crippen LogP contribution in [0.4, 0.5) is 5.69 Å². The van der Waals surface area contributed by atoms with Crippen LogP contribution in [0.5, 0.6) is 0 Å². The van der Waals surface area contributed by atoms with Crippen molar-refractivity contribution in [3.63, 3.8) is 0 Å². The minimum absolute atomic E-state index is 0.123. The Morgan fingerprint density at radius 2 is 2.06 bits per heavy atom. The molecule has 0 radical (unpaired) electrons. The monoisotopic (exact) mass is 311 g/mol. The Bertz CT molecular complexity index is 428. The van der Waals surface area contributed by atoms with Crippen LogP contribution in [-0.2, 0) is 4.79 Å². The Morgan fingerprint density at radius 1 is 1.33 bits per heavy atom. The Morgan fingerprint density at radius 3 is 2.72 bits per heavy atom. The highest BCUT2D eigenvalue weighted by atomic mass is 79.9. The van der Waals surface area contributed by atoms with E-state index in [2.05, 4.69) is 21.2 Å². The molecule has 1 saturated heterocycles. The molecule has 1 aromatic carbocycles. The molecule has 0 saturated carbocycles. The van der Waals surface area contributed by atoms with Crippen LogP contribution in [0, 0.1) is 6.92 Å². The summed E-state index contributed by atoms with van der Waals surface area (Å²) >= 11 is 3.43. The van der Waals surface area contributed by atoms with E-state index in [0.717, 1.165) is 28.8 Å². The molecule has 2 rings (SSSR count). The maximum absolute atomic E-state index is 12.0. The van der Waals surface area contributed by atoms with E-state index < -0.39 is 0 Å². The van der Waals surface area contributed by atoms with Crippen molar-refractivity contribution >= 4 is 27.5 Å². The van der Waals surface area contributed by atoms with E-state index in [-0.39, 0.29) is 5.91 Å². The molecule has 1 aliphatic heterocycles. The van der Waals surface area contributed by atoms with Crippen LogP contribution in [0.15, 0.2) is 22.7 Å². The number of carbonyl (C=O) groups is 1. The molecule has 98 valence electrons. The van der Waals surface area contributed by atoms with Gasteiger partial charge in [0, 0.05) is 10.2 Å². The van der Waals surface area contributed by atoms with Gasteiger partial charge in [-0.15, -0.1) is 0 Å². The number of benzene rings is 1. The van der Waals surface area contributed by atoms with Crippen molar-refractivity contribution in [1.29, 1.82) is 0 Å². The minimum atomic E-state index is 0.123. The molecule has 18 heavy (non-hydrogen) atoms. The first-order valence-electron chi connectivity index (χ1n) is 6.55. The maximum Gasteiger partial charge on any atom is 0.279 e.